The number of aromatic amines is 1. The summed E-state index contributed by atoms with van der Waals surface area (Å²) < 4.78 is 5.22. The summed E-state index contributed by atoms with van der Waals surface area (Å²) in [5.74, 6) is 0.538. The van der Waals surface area contributed by atoms with E-state index in [0.29, 0.717) is 17.1 Å². The van der Waals surface area contributed by atoms with E-state index in [1.807, 2.05) is 26.0 Å². The van der Waals surface area contributed by atoms with Gasteiger partial charge in [-0.3, -0.25) is 4.79 Å². The van der Waals surface area contributed by atoms with Gasteiger partial charge in [0, 0.05) is 0 Å². The highest BCUT2D eigenvalue weighted by molar-refractivity contribution is 5.91. The van der Waals surface area contributed by atoms with Gasteiger partial charge in [0.05, 0.1) is 16.6 Å². The number of nitriles is 1. The number of imidazole rings is 1. The van der Waals surface area contributed by atoms with Gasteiger partial charge in [-0.2, -0.15) is 5.26 Å². The normalized spacial score (nSPS) is 11.3. The molecule has 1 amide bonds. The van der Waals surface area contributed by atoms with E-state index in [1.165, 1.54) is 0 Å². The highest BCUT2D eigenvalue weighted by atomic mass is 16.5. The standard InChI is InChI=1S/C20H18N4O2/c1-12-3-8-17-19(13(12)2)24-20(23-17)15(10-21)9-14-4-6-16(7-5-14)26-11-18(22)25/h3-9H,11H2,1-2H3,(H2,22,25)(H,23,24)/b15-9+. The van der Waals surface area contributed by atoms with Gasteiger partial charge in [0.15, 0.2) is 6.61 Å². The summed E-state index contributed by atoms with van der Waals surface area (Å²) in [7, 11) is 0. The number of hydrogen-bond acceptors (Lipinski definition) is 4. The summed E-state index contributed by atoms with van der Waals surface area (Å²) in [5.41, 5.74) is 10.3. The number of aromatic nitrogens is 2. The number of nitrogens with zero attached hydrogens (tertiary/aromatic N) is 2. The third-order valence-corrected chi connectivity index (χ3v) is 4.13. The fourth-order valence-corrected chi connectivity index (χ4v) is 2.58. The lowest BCUT2D eigenvalue weighted by atomic mass is 10.1. The number of carbonyl (C=O) groups excluding carboxylic acids is 1. The lowest BCUT2D eigenvalue weighted by Gasteiger charge is -2.03. The molecule has 0 atom stereocenters. The molecule has 0 saturated carbocycles. The van der Waals surface area contributed by atoms with Crippen molar-refractivity contribution >= 4 is 28.6 Å². The maximum Gasteiger partial charge on any atom is 0.255 e. The third-order valence-electron chi connectivity index (χ3n) is 4.13. The van der Waals surface area contributed by atoms with Crippen molar-refractivity contribution in [2.75, 3.05) is 6.61 Å². The van der Waals surface area contributed by atoms with Crippen molar-refractivity contribution in [3.63, 3.8) is 0 Å². The second kappa shape index (κ2) is 7.11. The SMILES string of the molecule is Cc1ccc2[nH]c(/C(C#N)=C/c3ccc(OCC(N)=O)cc3)nc2c1C. The molecule has 0 spiro atoms. The minimum Gasteiger partial charge on any atom is -0.484 e. The summed E-state index contributed by atoms with van der Waals surface area (Å²) >= 11 is 0. The van der Waals surface area contributed by atoms with Crippen LogP contribution in [0.15, 0.2) is 36.4 Å². The van der Waals surface area contributed by atoms with Crippen LogP contribution in [0.25, 0.3) is 22.7 Å². The fraction of sp³-hybridized carbons (Fsp3) is 0.150. The molecule has 130 valence electrons. The van der Waals surface area contributed by atoms with Crippen LogP contribution in [0.5, 0.6) is 5.75 Å². The van der Waals surface area contributed by atoms with Gasteiger partial charge in [-0.15, -0.1) is 0 Å². The van der Waals surface area contributed by atoms with Crippen LogP contribution in [-0.4, -0.2) is 22.5 Å². The second-order valence-corrected chi connectivity index (χ2v) is 5.98. The van der Waals surface area contributed by atoms with Crippen molar-refractivity contribution in [1.82, 2.24) is 9.97 Å². The predicted molar refractivity (Wildman–Crippen MR) is 100 cm³/mol. The van der Waals surface area contributed by atoms with Crippen LogP contribution < -0.4 is 10.5 Å². The van der Waals surface area contributed by atoms with E-state index in [1.54, 1.807) is 30.3 Å². The van der Waals surface area contributed by atoms with Crippen LogP contribution in [0.3, 0.4) is 0 Å². The number of primary amides is 1. The number of allylic oxidation sites excluding steroid dienone is 1. The molecule has 0 bridgehead atoms. The largest absolute Gasteiger partial charge is 0.484 e. The molecular formula is C20H18N4O2. The number of hydrogen-bond donors (Lipinski definition) is 2. The first kappa shape index (κ1) is 17.2. The molecule has 3 N–H and O–H groups in total. The molecule has 0 fully saturated rings. The maximum absolute atomic E-state index is 10.7. The van der Waals surface area contributed by atoms with Crippen LogP contribution in [0, 0.1) is 25.2 Å². The van der Waals surface area contributed by atoms with Gasteiger partial charge in [0.1, 0.15) is 17.6 Å². The summed E-state index contributed by atoms with van der Waals surface area (Å²) in [4.78, 5) is 18.5. The molecule has 2 aromatic carbocycles. The van der Waals surface area contributed by atoms with Crippen molar-refractivity contribution in [3.8, 4) is 11.8 Å². The Bertz CT molecular complexity index is 1040. The number of carbonyl (C=O) groups is 1. The minimum absolute atomic E-state index is 0.170. The van der Waals surface area contributed by atoms with E-state index in [-0.39, 0.29) is 6.61 Å². The number of aryl methyl sites for hydroxylation is 2. The molecule has 3 rings (SSSR count). The Kier molecular flexibility index (Phi) is 4.72. The molecule has 0 radical (unpaired) electrons. The molecule has 0 aliphatic heterocycles. The van der Waals surface area contributed by atoms with Gasteiger partial charge in [0.2, 0.25) is 0 Å². The Morgan fingerprint density at radius 2 is 2.00 bits per heavy atom. The van der Waals surface area contributed by atoms with Gasteiger partial charge in [-0.05, 0) is 54.8 Å². The van der Waals surface area contributed by atoms with Crippen LogP contribution >= 0.6 is 0 Å². The van der Waals surface area contributed by atoms with Gasteiger partial charge in [-0.1, -0.05) is 18.2 Å². The molecule has 0 aliphatic carbocycles. The van der Waals surface area contributed by atoms with E-state index in [0.717, 1.165) is 27.7 Å². The third kappa shape index (κ3) is 3.57. The van der Waals surface area contributed by atoms with Crippen molar-refractivity contribution in [2.24, 2.45) is 5.73 Å². The summed E-state index contributed by atoms with van der Waals surface area (Å²) in [6, 6.07) is 13.2. The Labute approximate surface area is 150 Å². The van der Waals surface area contributed by atoms with Gasteiger partial charge in [-0.25, -0.2) is 4.98 Å². The first-order valence-electron chi connectivity index (χ1n) is 8.07. The first-order valence-corrected chi connectivity index (χ1v) is 8.07. The maximum atomic E-state index is 10.7. The monoisotopic (exact) mass is 346 g/mol. The lowest BCUT2D eigenvalue weighted by molar-refractivity contribution is -0.119. The van der Waals surface area contributed by atoms with E-state index < -0.39 is 5.91 Å². The van der Waals surface area contributed by atoms with Gasteiger partial charge < -0.3 is 15.5 Å². The molecule has 1 heterocycles. The van der Waals surface area contributed by atoms with Crippen LogP contribution in [0.1, 0.15) is 22.5 Å². The summed E-state index contributed by atoms with van der Waals surface area (Å²) in [6.45, 7) is 3.88. The van der Waals surface area contributed by atoms with Crippen LogP contribution in [0.2, 0.25) is 0 Å². The Balaban J connectivity index is 1.90. The molecule has 1 aromatic heterocycles. The van der Waals surface area contributed by atoms with E-state index >= 15 is 0 Å². The Hall–Kier alpha value is -3.59. The molecular weight excluding hydrogens is 328 g/mol. The molecule has 0 saturated heterocycles. The van der Waals surface area contributed by atoms with E-state index in [2.05, 4.69) is 16.0 Å². The highest BCUT2D eigenvalue weighted by Crippen LogP contribution is 2.24. The molecule has 26 heavy (non-hydrogen) atoms. The molecule has 6 heteroatoms. The number of nitrogens with one attached hydrogen (secondary N) is 1. The lowest BCUT2D eigenvalue weighted by Crippen LogP contribution is -2.19. The number of H-pyrrole nitrogens is 1. The zero-order valence-corrected chi connectivity index (χ0v) is 14.5. The average Bonchev–Trinajstić information content (AvgIpc) is 3.07. The minimum atomic E-state index is -0.531. The summed E-state index contributed by atoms with van der Waals surface area (Å²) in [6.07, 6.45) is 1.75. The van der Waals surface area contributed by atoms with Gasteiger partial charge in [0.25, 0.3) is 5.91 Å². The number of ether oxygens (including phenoxy) is 1. The number of benzene rings is 2. The highest BCUT2D eigenvalue weighted by Gasteiger charge is 2.10. The number of fused-ring (bicyclic) bond motifs is 1. The van der Waals surface area contributed by atoms with E-state index in [9.17, 15) is 10.1 Å². The zero-order chi connectivity index (χ0) is 18.7. The van der Waals surface area contributed by atoms with Gasteiger partial charge >= 0.3 is 0 Å². The molecule has 3 aromatic rings. The fourth-order valence-electron chi connectivity index (χ4n) is 2.58. The zero-order valence-electron chi connectivity index (χ0n) is 14.5. The molecule has 6 nitrogen and oxygen atoms in total. The first-order chi connectivity index (χ1) is 12.5. The van der Waals surface area contributed by atoms with Crippen LogP contribution in [0.4, 0.5) is 0 Å². The van der Waals surface area contributed by atoms with Crippen molar-refractivity contribution in [1.29, 1.82) is 5.26 Å². The van der Waals surface area contributed by atoms with Crippen LogP contribution in [-0.2, 0) is 4.79 Å². The average molecular weight is 346 g/mol. The number of rotatable bonds is 5. The Morgan fingerprint density at radius 1 is 1.27 bits per heavy atom. The quantitative estimate of drug-likeness (QED) is 0.692. The van der Waals surface area contributed by atoms with E-state index in [4.69, 9.17) is 10.5 Å². The van der Waals surface area contributed by atoms with Crippen molar-refractivity contribution in [2.45, 2.75) is 13.8 Å². The second-order valence-electron chi connectivity index (χ2n) is 5.98. The molecule has 0 aliphatic rings. The number of nitrogens with two attached hydrogens (primary N) is 1. The Morgan fingerprint density at radius 3 is 2.65 bits per heavy atom. The smallest absolute Gasteiger partial charge is 0.255 e. The summed E-state index contributed by atoms with van der Waals surface area (Å²) in [5, 5.41) is 9.54. The predicted octanol–water partition coefficient (Wildman–Crippen LogP) is 3.11. The van der Waals surface area contributed by atoms with Crippen molar-refractivity contribution < 1.29 is 9.53 Å². The topological polar surface area (TPSA) is 105 Å². The molecule has 0 unspecified atom stereocenters. The number of amides is 1. The van der Waals surface area contributed by atoms with Crippen molar-refractivity contribution in [3.05, 3.63) is 58.9 Å².